The maximum Gasteiger partial charge on any atom is 0.313 e. The Hall–Kier alpha value is -2.53. The van der Waals surface area contributed by atoms with Crippen molar-refractivity contribution in [2.75, 3.05) is 0 Å². The summed E-state index contributed by atoms with van der Waals surface area (Å²) in [7, 11) is 0. The van der Waals surface area contributed by atoms with Crippen LogP contribution in [0, 0.1) is 18.3 Å². The number of carbonyl (C=O) groups excluding carboxylic acids is 1. The van der Waals surface area contributed by atoms with Gasteiger partial charge in [0, 0.05) is 11.1 Å². The van der Waals surface area contributed by atoms with Gasteiger partial charge >= 0.3 is 5.97 Å². The molecule has 0 spiro atoms. The molecule has 0 aliphatic carbocycles. The van der Waals surface area contributed by atoms with Crippen molar-refractivity contribution in [1.82, 2.24) is 0 Å². The molecule has 2 rings (SSSR count). The highest BCUT2D eigenvalue weighted by Gasteiger charge is 2.17. The summed E-state index contributed by atoms with van der Waals surface area (Å²) in [5.41, 5.74) is 3.87. The molecule has 0 fully saturated rings. The smallest absolute Gasteiger partial charge is 0.313 e. The highest BCUT2D eigenvalue weighted by Crippen LogP contribution is 2.20. The lowest BCUT2D eigenvalue weighted by atomic mass is 9.97. The number of benzene rings is 2. The van der Waals surface area contributed by atoms with E-state index in [1.807, 2.05) is 43.3 Å². The molecule has 0 radical (unpaired) electrons. The van der Waals surface area contributed by atoms with Gasteiger partial charge in [-0.05, 0) is 36.5 Å². The van der Waals surface area contributed by atoms with Crippen LogP contribution in [0.4, 0.5) is 0 Å². The van der Waals surface area contributed by atoms with Crippen LogP contribution < -0.4 is 0 Å². The average molecular weight is 320 g/mol. The number of hydrogen-bond acceptors (Lipinski definition) is 2. The van der Waals surface area contributed by atoms with E-state index in [0.717, 1.165) is 23.1 Å². The van der Waals surface area contributed by atoms with E-state index in [4.69, 9.17) is 11.2 Å². The van der Waals surface area contributed by atoms with E-state index in [9.17, 15) is 4.79 Å². The van der Waals surface area contributed by atoms with Crippen LogP contribution in [-0.4, -0.2) is 5.97 Å². The highest BCUT2D eigenvalue weighted by atomic mass is 16.5. The molecule has 124 valence electrons. The Kier molecular flexibility index (Phi) is 6.21. The van der Waals surface area contributed by atoms with E-state index in [0.29, 0.717) is 5.92 Å². The third kappa shape index (κ3) is 4.73. The SMILES string of the molecule is C#Cc1ccccc1COC(=O)C(C)c1ccc(CC(C)C)cc1. The first-order valence-corrected chi connectivity index (χ1v) is 8.31. The normalized spacial score (nSPS) is 11.8. The van der Waals surface area contributed by atoms with E-state index in [2.05, 4.69) is 31.9 Å². The number of hydrogen-bond donors (Lipinski definition) is 0. The summed E-state index contributed by atoms with van der Waals surface area (Å²) in [5.74, 6) is 2.70. The molecule has 0 bridgehead atoms. The fourth-order valence-electron chi connectivity index (χ4n) is 2.61. The molecule has 0 saturated carbocycles. The second-order valence-corrected chi connectivity index (χ2v) is 6.47. The fraction of sp³-hybridized carbons (Fsp3) is 0.318. The molecule has 2 aromatic rings. The van der Waals surface area contributed by atoms with Crippen molar-refractivity contribution >= 4 is 5.97 Å². The van der Waals surface area contributed by atoms with E-state index in [1.54, 1.807) is 0 Å². The molecule has 1 atom stereocenters. The molecule has 0 N–H and O–H groups in total. The predicted octanol–water partition coefficient (Wildman–Crippen LogP) is 4.71. The zero-order chi connectivity index (χ0) is 17.5. The molecule has 0 amide bonds. The number of carbonyl (C=O) groups is 1. The van der Waals surface area contributed by atoms with Crippen LogP contribution in [0.25, 0.3) is 0 Å². The Labute approximate surface area is 144 Å². The quantitative estimate of drug-likeness (QED) is 0.569. The third-order valence-corrected chi connectivity index (χ3v) is 4.02. The Morgan fingerprint density at radius 2 is 1.75 bits per heavy atom. The van der Waals surface area contributed by atoms with Gasteiger partial charge in [0.2, 0.25) is 0 Å². The minimum Gasteiger partial charge on any atom is -0.460 e. The van der Waals surface area contributed by atoms with Gasteiger partial charge < -0.3 is 4.74 Å². The van der Waals surface area contributed by atoms with Gasteiger partial charge in [-0.25, -0.2) is 0 Å². The second kappa shape index (κ2) is 8.36. The van der Waals surface area contributed by atoms with Crippen molar-refractivity contribution in [3.63, 3.8) is 0 Å². The van der Waals surface area contributed by atoms with Crippen LogP contribution in [0.5, 0.6) is 0 Å². The Morgan fingerprint density at radius 3 is 2.38 bits per heavy atom. The number of ether oxygens (including phenoxy) is 1. The zero-order valence-electron chi connectivity index (χ0n) is 14.6. The molecule has 0 aliphatic heterocycles. The van der Waals surface area contributed by atoms with Gasteiger partial charge in [0.1, 0.15) is 6.61 Å². The molecule has 0 aromatic heterocycles. The van der Waals surface area contributed by atoms with Gasteiger partial charge in [-0.15, -0.1) is 6.42 Å². The summed E-state index contributed by atoms with van der Waals surface area (Å²) < 4.78 is 5.45. The molecule has 0 aliphatic rings. The first kappa shape index (κ1) is 17.8. The summed E-state index contributed by atoms with van der Waals surface area (Å²) >= 11 is 0. The first-order valence-electron chi connectivity index (χ1n) is 8.31. The van der Waals surface area contributed by atoms with Crippen molar-refractivity contribution in [3.05, 3.63) is 70.8 Å². The lowest BCUT2D eigenvalue weighted by Crippen LogP contribution is -2.13. The van der Waals surface area contributed by atoms with Crippen molar-refractivity contribution in [1.29, 1.82) is 0 Å². The minimum atomic E-state index is -0.295. The molecule has 2 nitrogen and oxygen atoms in total. The Bertz CT molecular complexity index is 720. The van der Waals surface area contributed by atoms with Crippen molar-refractivity contribution < 1.29 is 9.53 Å². The van der Waals surface area contributed by atoms with Gasteiger partial charge in [0.25, 0.3) is 0 Å². The molecular weight excluding hydrogens is 296 g/mol. The molecule has 2 heteroatoms. The summed E-state index contributed by atoms with van der Waals surface area (Å²) in [6.07, 6.45) is 6.51. The summed E-state index contributed by atoms with van der Waals surface area (Å²) in [6.45, 7) is 6.46. The van der Waals surface area contributed by atoms with Crippen LogP contribution in [-0.2, 0) is 22.6 Å². The maximum atomic E-state index is 12.3. The number of terminal acetylenes is 1. The molecular formula is C22H24O2. The van der Waals surface area contributed by atoms with Gasteiger partial charge in [0.15, 0.2) is 0 Å². The average Bonchev–Trinajstić information content (AvgIpc) is 2.59. The van der Waals surface area contributed by atoms with Crippen LogP contribution >= 0.6 is 0 Å². The maximum absolute atomic E-state index is 12.3. The summed E-state index contributed by atoms with van der Waals surface area (Å²) in [6, 6.07) is 15.7. The minimum absolute atomic E-state index is 0.203. The van der Waals surface area contributed by atoms with Gasteiger partial charge in [-0.2, -0.15) is 0 Å². The number of rotatable bonds is 6. The lowest BCUT2D eigenvalue weighted by Gasteiger charge is -2.13. The predicted molar refractivity (Wildman–Crippen MR) is 97.6 cm³/mol. The van der Waals surface area contributed by atoms with E-state index in [1.165, 1.54) is 5.56 Å². The van der Waals surface area contributed by atoms with Crippen molar-refractivity contribution in [2.45, 2.75) is 39.7 Å². The van der Waals surface area contributed by atoms with Crippen LogP contribution in [0.1, 0.15) is 48.9 Å². The van der Waals surface area contributed by atoms with E-state index < -0.39 is 0 Å². The van der Waals surface area contributed by atoms with E-state index in [-0.39, 0.29) is 18.5 Å². The molecule has 0 heterocycles. The topological polar surface area (TPSA) is 26.3 Å². The van der Waals surface area contributed by atoms with Crippen LogP contribution in [0.15, 0.2) is 48.5 Å². The zero-order valence-corrected chi connectivity index (χ0v) is 14.6. The number of esters is 1. The van der Waals surface area contributed by atoms with E-state index >= 15 is 0 Å². The monoisotopic (exact) mass is 320 g/mol. The largest absolute Gasteiger partial charge is 0.460 e. The van der Waals surface area contributed by atoms with Crippen LogP contribution in [0.2, 0.25) is 0 Å². The first-order chi connectivity index (χ1) is 11.5. The van der Waals surface area contributed by atoms with Gasteiger partial charge in [-0.3, -0.25) is 4.79 Å². The Morgan fingerprint density at radius 1 is 1.08 bits per heavy atom. The van der Waals surface area contributed by atoms with Crippen molar-refractivity contribution in [3.8, 4) is 12.3 Å². The Balaban J connectivity index is 1.98. The summed E-state index contributed by atoms with van der Waals surface area (Å²) in [5, 5.41) is 0. The standard InChI is InChI=1S/C22H24O2/c1-5-19-8-6-7-9-21(19)15-24-22(23)17(4)20-12-10-18(11-13-20)14-16(2)3/h1,6-13,16-17H,14-15H2,2-4H3. The third-order valence-electron chi connectivity index (χ3n) is 4.02. The van der Waals surface area contributed by atoms with Crippen molar-refractivity contribution in [2.24, 2.45) is 5.92 Å². The fourth-order valence-corrected chi connectivity index (χ4v) is 2.61. The lowest BCUT2D eigenvalue weighted by molar-refractivity contribution is -0.146. The molecule has 1 unspecified atom stereocenters. The van der Waals surface area contributed by atoms with Gasteiger partial charge in [-0.1, -0.05) is 62.2 Å². The molecule has 0 saturated heterocycles. The molecule has 2 aromatic carbocycles. The highest BCUT2D eigenvalue weighted by molar-refractivity contribution is 5.77. The molecule has 24 heavy (non-hydrogen) atoms. The summed E-state index contributed by atoms with van der Waals surface area (Å²) in [4.78, 5) is 12.3. The van der Waals surface area contributed by atoms with Crippen LogP contribution in [0.3, 0.4) is 0 Å². The second-order valence-electron chi connectivity index (χ2n) is 6.47. The van der Waals surface area contributed by atoms with Gasteiger partial charge in [0.05, 0.1) is 5.92 Å².